The van der Waals surface area contributed by atoms with E-state index in [9.17, 15) is 18.0 Å². The Kier molecular flexibility index (Phi) is 4.43. The molecule has 0 amide bonds. The molecular weight excluding hydrogens is 231 g/mol. The SMILES string of the molecule is CC(=O)CC=NCc1ccccc1C(F)(F)F. The number of hydrogen-bond acceptors (Lipinski definition) is 2. The molecule has 0 aliphatic rings. The number of alkyl halides is 3. The van der Waals surface area contributed by atoms with E-state index in [1.54, 1.807) is 0 Å². The number of hydrogen-bond donors (Lipinski definition) is 0. The number of carbonyl (C=O) groups is 1. The number of Topliss-reactive ketones (excluding diaryl/α,β-unsaturated/α-hetero) is 1. The van der Waals surface area contributed by atoms with Crippen LogP contribution in [0, 0.1) is 0 Å². The summed E-state index contributed by atoms with van der Waals surface area (Å²) in [5, 5.41) is 0. The van der Waals surface area contributed by atoms with Crippen LogP contribution in [-0.2, 0) is 17.5 Å². The van der Waals surface area contributed by atoms with Crippen molar-refractivity contribution in [2.45, 2.75) is 26.1 Å². The predicted octanol–water partition coefficient (Wildman–Crippen LogP) is 3.26. The third kappa shape index (κ3) is 4.38. The normalized spacial score (nSPS) is 12.0. The van der Waals surface area contributed by atoms with Crippen LogP contribution in [0.15, 0.2) is 29.3 Å². The predicted molar refractivity (Wildman–Crippen MR) is 58.9 cm³/mol. The number of carbonyl (C=O) groups excluding carboxylic acids is 1. The van der Waals surface area contributed by atoms with Crippen LogP contribution in [0.4, 0.5) is 13.2 Å². The van der Waals surface area contributed by atoms with Crippen molar-refractivity contribution in [2.24, 2.45) is 4.99 Å². The molecule has 92 valence electrons. The molecule has 0 aliphatic carbocycles. The molecule has 17 heavy (non-hydrogen) atoms. The highest BCUT2D eigenvalue weighted by atomic mass is 19.4. The average Bonchev–Trinajstić information content (AvgIpc) is 2.23. The van der Waals surface area contributed by atoms with Crippen molar-refractivity contribution in [1.82, 2.24) is 0 Å². The highest BCUT2D eigenvalue weighted by Crippen LogP contribution is 2.31. The highest BCUT2D eigenvalue weighted by Gasteiger charge is 2.32. The Morgan fingerprint density at radius 2 is 2.00 bits per heavy atom. The Labute approximate surface area is 97.2 Å². The van der Waals surface area contributed by atoms with Crippen LogP contribution in [-0.4, -0.2) is 12.0 Å². The summed E-state index contributed by atoms with van der Waals surface area (Å²) >= 11 is 0. The number of nitrogens with zero attached hydrogens (tertiary/aromatic N) is 1. The van der Waals surface area contributed by atoms with Crippen LogP contribution in [0.3, 0.4) is 0 Å². The molecule has 0 fully saturated rings. The van der Waals surface area contributed by atoms with Gasteiger partial charge in [0.05, 0.1) is 12.1 Å². The van der Waals surface area contributed by atoms with Crippen LogP contribution >= 0.6 is 0 Å². The first kappa shape index (κ1) is 13.4. The monoisotopic (exact) mass is 243 g/mol. The molecule has 5 heteroatoms. The van der Waals surface area contributed by atoms with Crippen LogP contribution in [0.5, 0.6) is 0 Å². The molecule has 2 nitrogen and oxygen atoms in total. The fraction of sp³-hybridized carbons (Fsp3) is 0.333. The van der Waals surface area contributed by atoms with Gasteiger partial charge in [0.15, 0.2) is 0 Å². The van der Waals surface area contributed by atoms with Crippen LogP contribution in [0.1, 0.15) is 24.5 Å². The van der Waals surface area contributed by atoms with Gasteiger partial charge in [-0.25, -0.2) is 0 Å². The van der Waals surface area contributed by atoms with Crippen molar-refractivity contribution in [1.29, 1.82) is 0 Å². The Morgan fingerprint density at radius 1 is 1.35 bits per heavy atom. The number of benzene rings is 1. The van der Waals surface area contributed by atoms with Gasteiger partial charge in [0, 0.05) is 12.6 Å². The molecule has 0 aromatic heterocycles. The Bertz CT molecular complexity index is 424. The maximum atomic E-state index is 12.6. The largest absolute Gasteiger partial charge is 0.416 e. The second kappa shape index (κ2) is 5.61. The minimum absolute atomic E-state index is 0.0665. The Balaban J connectivity index is 2.78. The minimum atomic E-state index is -4.37. The first-order valence-corrected chi connectivity index (χ1v) is 5.04. The fourth-order valence-corrected chi connectivity index (χ4v) is 1.29. The van der Waals surface area contributed by atoms with E-state index in [1.807, 2.05) is 0 Å². The highest BCUT2D eigenvalue weighted by molar-refractivity contribution is 5.89. The van der Waals surface area contributed by atoms with Gasteiger partial charge in [-0.15, -0.1) is 0 Å². The zero-order chi connectivity index (χ0) is 12.9. The van der Waals surface area contributed by atoms with Crippen molar-refractivity contribution in [3.63, 3.8) is 0 Å². The van der Waals surface area contributed by atoms with Gasteiger partial charge in [-0.05, 0) is 18.6 Å². The van der Waals surface area contributed by atoms with Crippen molar-refractivity contribution in [3.05, 3.63) is 35.4 Å². The zero-order valence-corrected chi connectivity index (χ0v) is 9.29. The molecular formula is C12H12F3NO. The molecule has 0 unspecified atom stereocenters. The second-order valence-electron chi connectivity index (χ2n) is 3.58. The van der Waals surface area contributed by atoms with Crippen LogP contribution in [0.25, 0.3) is 0 Å². The average molecular weight is 243 g/mol. The van der Waals surface area contributed by atoms with E-state index in [1.165, 1.54) is 31.3 Å². The smallest absolute Gasteiger partial charge is 0.300 e. The lowest BCUT2D eigenvalue weighted by molar-refractivity contribution is -0.138. The van der Waals surface area contributed by atoms with E-state index < -0.39 is 11.7 Å². The number of halogens is 3. The molecule has 0 saturated carbocycles. The minimum Gasteiger partial charge on any atom is -0.300 e. The first-order valence-electron chi connectivity index (χ1n) is 5.04. The van der Waals surface area contributed by atoms with Crippen molar-refractivity contribution in [2.75, 3.05) is 0 Å². The fourth-order valence-electron chi connectivity index (χ4n) is 1.29. The zero-order valence-electron chi connectivity index (χ0n) is 9.29. The standard InChI is InChI=1S/C12H12F3NO/c1-9(17)6-7-16-8-10-4-2-3-5-11(10)12(13,14)15/h2-5,7H,6,8H2,1H3. The maximum absolute atomic E-state index is 12.6. The third-order valence-corrected chi connectivity index (χ3v) is 2.09. The van der Waals surface area contributed by atoms with Gasteiger partial charge in [-0.1, -0.05) is 18.2 Å². The third-order valence-electron chi connectivity index (χ3n) is 2.09. The van der Waals surface area contributed by atoms with E-state index >= 15 is 0 Å². The van der Waals surface area contributed by atoms with Gasteiger partial charge in [-0.2, -0.15) is 13.2 Å². The van der Waals surface area contributed by atoms with Crippen molar-refractivity contribution >= 4 is 12.0 Å². The topological polar surface area (TPSA) is 29.4 Å². The Morgan fingerprint density at radius 3 is 2.59 bits per heavy atom. The van der Waals surface area contributed by atoms with E-state index in [0.717, 1.165) is 6.07 Å². The molecule has 1 rings (SSSR count). The van der Waals surface area contributed by atoms with Crippen LogP contribution in [0.2, 0.25) is 0 Å². The molecule has 0 bridgehead atoms. The molecule has 0 radical (unpaired) electrons. The summed E-state index contributed by atoms with van der Waals surface area (Å²) in [5.41, 5.74) is -0.570. The van der Waals surface area contributed by atoms with Gasteiger partial charge in [0.2, 0.25) is 0 Å². The summed E-state index contributed by atoms with van der Waals surface area (Å²) in [6, 6.07) is 5.28. The summed E-state index contributed by atoms with van der Waals surface area (Å²) in [4.78, 5) is 14.4. The summed E-state index contributed by atoms with van der Waals surface area (Å²) in [6.07, 6.45) is -2.88. The molecule has 0 atom stereocenters. The molecule has 0 saturated heterocycles. The lowest BCUT2D eigenvalue weighted by Crippen LogP contribution is -2.08. The van der Waals surface area contributed by atoms with E-state index in [2.05, 4.69) is 4.99 Å². The quantitative estimate of drug-likeness (QED) is 0.746. The van der Waals surface area contributed by atoms with Crippen molar-refractivity contribution < 1.29 is 18.0 Å². The van der Waals surface area contributed by atoms with Gasteiger partial charge < -0.3 is 0 Å². The molecule has 1 aromatic carbocycles. The summed E-state index contributed by atoms with van der Waals surface area (Å²) in [5.74, 6) is -0.0714. The molecule has 1 aromatic rings. The summed E-state index contributed by atoms with van der Waals surface area (Å²) < 4.78 is 37.7. The summed E-state index contributed by atoms with van der Waals surface area (Å²) in [6.45, 7) is 1.33. The number of aliphatic imine (C=N–C) groups is 1. The van der Waals surface area contributed by atoms with Gasteiger partial charge in [-0.3, -0.25) is 9.79 Å². The van der Waals surface area contributed by atoms with Gasteiger partial charge in [0.25, 0.3) is 0 Å². The molecule has 0 N–H and O–H groups in total. The van der Waals surface area contributed by atoms with E-state index in [4.69, 9.17) is 0 Å². The maximum Gasteiger partial charge on any atom is 0.416 e. The van der Waals surface area contributed by atoms with E-state index in [-0.39, 0.29) is 24.3 Å². The molecule has 0 spiro atoms. The second-order valence-corrected chi connectivity index (χ2v) is 3.58. The van der Waals surface area contributed by atoms with E-state index in [0.29, 0.717) is 0 Å². The number of rotatable bonds is 4. The van der Waals surface area contributed by atoms with Crippen LogP contribution < -0.4 is 0 Å². The lowest BCUT2D eigenvalue weighted by atomic mass is 10.1. The molecule has 0 heterocycles. The lowest BCUT2D eigenvalue weighted by Gasteiger charge is -2.10. The first-order chi connectivity index (χ1) is 7.91. The van der Waals surface area contributed by atoms with Gasteiger partial charge >= 0.3 is 6.18 Å². The van der Waals surface area contributed by atoms with Gasteiger partial charge in [0.1, 0.15) is 5.78 Å². The Hall–Kier alpha value is -1.65. The number of ketones is 1. The molecule has 0 aliphatic heterocycles. The summed E-state index contributed by atoms with van der Waals surface area (Å²) in [7, 11) is 0. The van der Waals surface area contributed by atoms with Crippen molar-refractivity contribution in [3.8, 4) is 0 Å².